The van der Waals surface area contributed by atoms with Crippen LogP contribution in [0.25, 0.3) is 55.9 Å². The predicted octanol–water partition coefficient (Wildman–Crippen LogP) is 8.27. The van der Waals surface area contributed by atoms with Crippen molar-refractivity contribution in [2.24, 2.45) is 0 Å². The average molecular weight is 984 g/mol. The van der Waals surface area contributed by atoms with Crippen LogP contribution >= 0.6 is 0 Å². The van der Waals surface area contributed by atoms with Crippen LogP contribution in [0.1, 0.15) is 0 Å². The maximum atomic E-state index is 8.68. The standard InChI is InChI=1S/C21H16N6O.C18H14N4O2.C9H8N2.C6H8BNO3/c1-28-19-8-2-6-17(24-19)20-25-21(18-7-4-12-27(18)26-20)23-15-9-10-16-14(13-15)5-3-11-22-16;1-23-16-11-5-9-14(19-16)17-20-18(15-10-6-12-22(15)21-17)24-13-7-3-2-4-8-13;10-8-3-4-9-7(6-8)2-1-5-11-9;1-11-6-4-2-3-5(8-6)7(9)10/h2-13H,1H3,(H,23,25,26);2-12H,1H3;1-6H,10H2;2-4,9-10H,1H3. The molecule has 0 saturated carbocycles. The summed E-state index contributed by atoms with van der Waals surface area (Å²) in [5.74, 6) is 4.25. The van der Waals surface area contributed by atoms with E-state index in [4.69, 9.17) is 39.7 Å². The van der Waals surface area contributed by atoms with Crippen LogP contribution < -0.4 is 35.6 Å². The number of nitrogens with zero attached hydrogens (tertiary/aromatic N) is 11. The van der Waals surface area contributed by atoms with E-state index in [1.54, 1.807) is 59.9 Å². The second-order valence-electron chi connectivity index (χ2n) is 15.7. The highest BCUT2D eigenvalue weighted by atomic mass is 16.5. The van der Waals surface area contributed by atoms with Gasteiger partial charge in [0.2, 0.25) is 35.2 Å². The Kier molecular flexibility index (Phi) is 15.4. The number of aromatic nitrogens is 11. The van der Waals surface area contributed by atoms with Crippen molar-refractivity contribution in [2.75, 3.05) is 32.4 Å². The van der Waals surface area contributed by atoms with Gasteiger partial charge in [-0.05, 0) is 103 Å². The van der Waals surface area contributed by atoms with Gasteiger partial charge >= 0.3 is 7.12 Å². The molecule has 20 heteroatoms. The van der Waals surface area contributed by atoms with E-state index >= 15 is 0 Å². The number of anilines is 3. The number of methoxy groups -OCH3 is 3. The van der Waals surface area contributed by atoms with E-state index in [0.717, 1.165) is 44.2 Å². The lowest BCUT2D eigenvalue weighted by molar-refractivity contribution is 0.395. The molecule has 74 heavy (non-hydrogen) atoms. The van der Waals surface area contributed by atoms with Crippen molar-refractivity contribution in [3.05, 3.63) is 195 Å². The average Bonchev–Trinajstić information content (AvgIpc) is 4.15. The fraction of sp³-hybridized carbons (Fsp3) is 0.0556. The minimum Gasteiger partial charge on any atom is -0.481 e. The Morgan fingerprint density at radius 2 is 1.08 bits per heavy atom. The van der Waals surface area contributed by atoms with Gasteiger partial charge in [-0.25, -0.2) is 29.0 Å². The predicted molar refractivity (Wildman–Crippen MR) is 284 cm³/mol. The Bertz CT molecular complexity index is 3810. The number of para-hydroxylation sites is 1. The number of fused-ring (bicyclic) bond motifs is 4. The summed E-state index contributed by atoms with van der Waals surface area (Å²) >= 11 is 0. The molecule has 366 valence electrons. The van der Waals surface area contributed by atoms with E-state index < -0.39 is 7.12 Å². The van der Waals surface area contributed by atoms with Crippen LogP contribution in [0.4, 0.5) is 17.2 Å². The summed E-state index contributed by atoms with van der Waals surface area (Å²) in [6, 6.07) is 52.6. The van der Waals surface area contributed by atoms with E-state index in [1.807, 2.05) is 152 Å². The van der Waals surface area contributed by atoms with Crippen molar-refractivity contribution in [3.8, 4) is 52.3 Å². The van der Waals surface area contributed by atoms with Gasteiger partial charge in [0.25, 0.3) is 0 Å². The number of benzene rings is 3. The number of nitrogen functional groups attached to an aromatic ring is 1. The third-order valence-electron chi connectivity index (χ3n) is 10.7. The van der Waals surface area contributed by atoms with Gasteiger partial charge in [0.1, 0.15) is 28.2 Å². The van der Waals surface area contributed by atoms with E-state index in [9.17, 15) is 0 Å². The number of rotatable bonds is 10. The summed E-state index contributed by atoms with van der Waals surface area (Å²) in [5.41, 5.74) is 12.3. The molecule has 12 aromatic rings. The lowest BCUT2D eigenvalue weighted by atomic mass is 9.86. The molecule has 0 spiro atoms. The topological polar surface area (TPSA) is 240 Å². The van der Waals surface area contributed by atoms with Crippen molar-refractivity contribution in [1.82, 2.24) is 54.1 Å². The fourth-order valence-electron chi connectivity index (χ4n) is 7.20. The number of hydrogen-bond donors (Lipinski definition) is 4. The number of pyridine rings is 5. The molecule has 0 unspecified atom stereocenters. The number of nitrogens with two attached hydrogens (primary N) is 1. The highest BCUT2D eigenvalue weighted by Crippen LogP contribution is 2.28. The SMILES string of the molecule is COc1cccc(-c2nc(Nc3ccc4ncccc4c3)c3cccn3n2)n1.COc1cccc(-c2nc(Oc3ccccc3)c3cccn3n2)n1.COc1cccc(B(O)O)n1.Nc1ccc2ncccc2c1. The molecule has 9 heterocycles. The van der Waals surface area contributed by atoms with Gasteiger partial charge < -0.3 is 40.0 Å². The largest absolute Gasteiger partial charge is 0.508 e. The zero-order valence-corrected chi connectivity index (χ0v) is 40.1. The van der Waals surface area contributed by atoms with E-state index in [-0.39, 0.29) is 5.59 Å². The molecule has 0 fully saturated rings. The molecule has 0 amide bonds. The monoisotopic (exact) mass is 983 g/mol. The lowest BCUT2D eigenvalue weighted by Gasteiger charge is -2.10. The smallest absolute Gasteiger partial charge is 0.481 e. The molecular formula is C54H46BN13O6. The Hall–Kier alpha value is -10.0. The summed E-state index contributed by atoms with van der Waals surface area (Å²) in [6.07, 6.45) is 7.30. The molecule has 0 bridgehead atoms. The Labute approximate surface area is 423 Å². The normalized spacial score (nSPS) is 10.6. The van der Waals surface area contributed by atoms with Gasteiger partial charge in [-0.2, -0.15) is 4.98 Å². The second-order valence-corrected chi connectivity index (χ2v) is 15.7. The van der Waals surface area contributed by atoms with Crippen molar-refractivity contribution in [2.45, 2.75) is 0 Å². The molecule has 12 rings (SSSR count). The Balaban J connectivity index is 0.000000131. The van der Waals surface area contributed by atoms with Gasteiger partial charge in [0.15, 0.2) is 5.82 Å². The minimum absolute atomic E-state index is 0.185. The second kappa shape index (κ2) is 23.2. The maximum Gasteiger partial charge on any atom is 0.508 e. The first kappa shape index (κ1) is 49.0. The molecule has 0 saturated heterocycles. The van der Waals surface area contributed by atoms with Crippen LogP contribution in [0.2, 0.25) is 0 Å². The van der Waals surface area contributed by atoms with Gasteiger partial charge in [-0.3, -0.25) is 9.97 Å². The van der Waals surface area contributed by atoms with E-state index in [2.05, 4.69) is 45.4 Å². The molecule has 0 radical (unpaired) electrons. The van der Waals surface area contributed by atoms with E-state index in [1.165, 1.54) is 13.2 Å². The molecular weight excluding hydrogens is 937 g/mol. The summed E-state index contributed by atoms with van der Waals surface area (Å²) < 4.78 is 24.6. The highest BCUT2D eigenvalue weighted by molar-refractivity contribution is 6.57. The summed E-state index contributed by atoms with van der Waals surface area (Å²) in [6.45, 7) is 0. The molecule has 3 aromatic carbocycles. The van der Waals surface area contributed by atoms with Crippen LogP contribution in [-0.4, -0.2) is 92.6 Å². The van der Waals surface area contributed by atoms with Crippen molar-refractivity contribution < 1.29 is 29.0 Å². The number of nitrogens with one attached hydrogen (secondary N) is 1. The number of hydrogen-bond acceptors (Lipinski definition) is 17. The van der Waals surface area contributed by atoms with Crippen LogP contribution in [0, 0.1) is 0 Å². The highest BCUT2D eigenvalue weighted by Gasteiger charge is 2.15. The number of ether oxygens (including phenoxy) is 4. The molecule has 0 atom stereocenters. The molecule has 5 N–H and O–H groups in total. The summed E-state index contributed by atoms with van der Waals surface area (Å²) in [5, 5.41) is 32.0. The molecule has 9 aromatic heterocycles. The quantitative estimate of drug-likeness (QED) is 0.0744. The van der Waals surface area contributed by atoms with Crippen molar-refractivity contribution in [1.29, 1.82) is 0 Å². The fourth-order valence-corrected chi connectivity index (χ4v) is 7.20. The van der Waals surface area contributed by atoms with E-state index in [0.29, 0.717) is 58.1 Å². The molecule has 0 aliphatic heterocycles. The first-order valence-electron chi connectivity index (χ1n) is 22.8. The summed E-state index contributed by atoms with van der Waals surface area (Å²) in [4.78, 5) is 30.4. The van der Waals surface area contributed by atoms with Crippen LogP contribution in [0.3, 0.4) is 0 Å². The van der Waals surface area contributed by atoms with Gasteiger partial charge in [-0.1, -0.05) is 48.5 Å². The first-order valence-corrected chi connectivity index (χ1v) is 22.8. The van der Waals surface area contributed by atoms with Gasteiger partial charge in [0.05, 0.1) is 38.0 Å². The van der Waals surface area contributed by atoms with Gasteiger partial charge in [-0.15, -0.1) is 10.2 Å². The van der Waals surface area contributed by atoms with Crippen LogP contribution in [-0.2, 0) is 0 Å². The lowest BCUT2D eigenvalue weighted by Crippen LogP contribution is -2.32. The van der Waals surface area contributed by atoms with Crippen LogP contribution in [0.5, 0.6) is 29.3 Å². The maximum absolute atomic E-state index is 8.68. The summed E-state index contributed by atoms with van der Waals surface area (Å²) in [7, 11) is 3.09. The zero-order valence-electron chi connectivity index (χ0n) is 40.1. The molecule has 0 aliphatic rings. The zero-order chi connectivity index (χ0) is 51.2. The third kappa shape index (κ3) is 12.1. The van der Waals surface area contributed by atoms with Crippen LogP contribution in [0.15, 0.2) is 195 Å². The Morgan fingerprint density at radius 3 is 1.72 bits per heavy atom. The first-order chi connectivity index (χ1) is 36.2. The Morgan fingerprint density at radius 1 is 0.514 bits per heavy atom. The minimum atomic E-state index is -1.54. The third-order valence-corrected chi connectivity index (χ3v) is 10.7. The van der Waals surface area contributed by atoms with Crippen molar-refractivity contribution >= 4 is 62.7 Å². The molecule has 0 aliphatic carbocycles. The molecule has 19 nitrogen and oxygen atoms in total. The van der Waals surface area contributed by atoms with Gasteiger partial charge in [0, 0.05) is 65.1 Å². The van der Waals surface area contributed by atoms with Crippen molar-refractivity contribution in [3.63, 3.8) is 0 Å².